The molecular formula is C26H53. The molecular weight excluding hydrogens is 312 g/mol. The van der Waals surface area contributed by atoms with Crippen molar-refractivity contribution in [2.45, 2.75) is 162 Å². The SMILES string of the molecule is CCCCCCC[CH]CCCCCCCCCCCCCCCCCC. The maximum atomic E-state index is 2.55. The van der Waals surface area contributed by atoms with Crippen molar-refractivity contribution >= 4 is 0 Å². The largest absolute Gasteiger partial charge is 0.0654 e. The van der Waals surface area contributed by atoms with Crippen LogP contribution >= 0.6 is 0 Å². The molecule has 0 fully saturated rings. The van der Waals surface area contributed by atoms with Crippen LogP contribution < -0.4 is 0 Å². The summed E-state index contributed by atoms with van der Waals surface area (Å²) in [7, 11) is 0. The van der Waals surface area contributed by atoms with Crippen molar-refractivity contribution in [1.29, 1.82) is 0 Å². The van der Waals surface area contributed by atoms with E-state index in [0.29, 0.717) is 0 Å². The highest BCUT2D eigenvalue weighted by Crippen LogP contribution is 2.15. The molecule has 1 radical (unpaired) electrons. The zero-order valence-corrected chi connectivity index (χ0v) is 18.8. The van der Waals surface area contributed by atoms with Crippen molar-refractivity contribution < 1.29 is 0 Å². The number of hydrogen-bond acceptors (Lipinski definition) is 0. The molecule has 0 amide bonds. The summed E-state index contributed by atoms with van der Waals surface area (Å²) in [5.74, 6) is 0. The highest BCUT2D eigenvalue weighted by Gasteiger charge is 1.95. The zero-order valence-electron chi connectivity index (χ0n) is 18.8. The minimum Gasteiger partial charge on any atom is -0.0654 e. The minimum atomic E-state index is 1.36. The molecule has 0 spiro atoms. The van der Waals surface area contributed by atoms with Crippen LogP contribution in [0.4, 0.5) is 0 Å². The van der Waals surface area contributed by atoms with Gasteiger partial charge in [-0.1, -0.05) is 162 Å². The van der Waals surface area contributed by atoms with E-state index in [2.05, 4.69) is 20.3 Å². The van der Waals surface area contributed by atoms with E-state index in [9.17, 15) is 0 Å². The molecule has 0 saturated carbocycles. The van der Waals surface area contributed by atoms with Crippen LogP contribution in [0.3, 0.4) is 0 Å². The van der Waals surface area contributed by atoms with E-state index in [-0.39, 0.29) is 0 Å². The first kappa shape index (κ1) is 26.0. The van der Waals surface area contributed by atoms with Gasteiger partial charge >= 0.3 is 0 Å². The van der Waals surface area contributed by atoms with E-state index in [1.807, 2.05) is 0 Å². The Balaban J connectivity index is 2.95. The van der Waals surface area contributed by atoms with E-state index < -0.39 is 0 Å². The molecule has 26 heavy (non-hydrogen) atoms. The quantitative estimate of drug-likeness (QED) is 0.158. The van der Waals surface area contributed by atoms with E-state index in [0.717, 1.165) is 0 Å². The van der Waals surface area contributed by atoms with E-state index in [1.165, 1.54) is 148 Å². The van der Waals surface area contributed by atoms with Crippen molar-refractivity contribution in [3.05, 3.63) is 6.42 Å². The lowest BCUT2D eigenvalue weighted by atomic mass is 10.0. The third kappa shape index (κ3) is 24.0. The van der Waals surface area contributed by atoms with Crippen LogP contribution in [-0.4, -0.2) is 0 Å². The van der Waals surface area contributed by atoms with Gasteiger partial charge in [-0.2, -0.15) is 0 Å². The second-order valence-corrected chi connectivity index (χ2v) is 8.58. The average Bonchev–Trinajstić information content (AvgIpc) is 2.66. The van der Waals surface area contributed by atoms with Crippen molar-refractivity contribution in [3.8, 4) is 0 Å². The molecule has 0 rings (SSSR count). The van der Waals surface area contributed by atoms with Crippen LogP contribution in [0, 0.1) is 6.42 Å². The fraction of sp³-hybridized carbons (Fsp3) is 0.962. The van der Waals surface area contributed by atoms with Gasteiger partial charge in [-0.25, -0.2) is 0 Å². The lowest BCUT2D eigenvalue weighted by Crippen LogP contribution is -1.84. The standard InChI is InChI=1S/C26H53/c1-3-5-7-9-11-13-15-17-19-21-23-25-26-24-22-20-18-16-14-12-10-8-6-4-2/h15H,3-14,16-26H2,1-2H3. The Morgan fingerprint density at radius 3 is 0.808 bits per heavy atom. The summed E-state index contributed by atoms with van der Waals surface area (Å²) < 4.78 is 0. The Bertz CT molecular complexity index is 196. The minimum absolute atomic E-state index is 1.36. The molecule has 0 atom stereocenters. The van der Waals surface area contributed by atoms with Crippen LogP contribution in [0.2, 0.25) is 0 Å². The van der Waals surface area contributed by atoms with Gasteiger partial charge in [-0.3, -0.25) is 0 Å². The first-order valence-electron chi connectivity index (χ1n) is 12.7. The fourth-order valence-electron chi connectivity index (χ4n) is 3.87. The number of rotatable bonds is 23. The molecule has 0 aromatic carbocycles. The van der Waals surface area contributed by atoms with E-state index >= 15 is 0 Å². The monoisotopic (exact) mass is 365 g/mol. The molecule has 0 aliphatic rings. The van der Waals surface area contributed by atoms with Crippen molar-refractivity contribution in [3.63, 3.8) is 0 Å². The topological polar surface area (TPSA) is 0 Å². The molecule has 0 bridgehead atoms. The predicted molar refractivity (Wildman–Crippen MR) is 122 cm³/mol. The predicted octanol–water partition coefficient (Wildman–Crippen LogP) is 10.2. The van der Waals surface area contributed by atoms with Crippen LogP contribution in [0.15, 0.2) is 0 Å². The van der Waals surface area contributed by atoms with Gasteiger partial charge in [0, 0.05) is 0 Å². The molecule has 0 saturated heterocycles. The summed E-state index contributed by atoms with van der Waals surface area (Å²) in [5.41, 5.74) is 0. The maximum absolute atomic E-state index is 2.55. The molecule has 0 aromatic heterocycles. The van der Waals surface area contributed by atoms with E-state index in [1.54, 1.807) is 0 Å². The second-order valence-electron chi connectivity index (χ2n) is 8.58. The molecule has 0 unspecified atom stereocenters. The smallest absolute Gasteiger partial charge is 0.0386 e. The number of unbranched alkanes of at least 4 members (excludes halogenated alkanes) is 23. The highest BCUT2D eigenvalue weighted by molar-refractivity contribution is 4.64. The fourth-order valence-corrected chi connectivity index (χ4v) is 3.87. The summed E-state index contributed by atoms with van der Waals surface area (Å²) in [6, 6.07) is 0. The first-order chi connectivity index (χ1) is 12.9. The van der Waals surface area contributed by atoms with Gasteiger partial charge in [0.25, 0.3) is 0 Å². The van der Waals surface area contributed by atoms with Gasteiger partial charge < -0.3 is 0 Å². The summed E-state index contributed by atoms with van der Waals surface area (Å²) in [6.45, 7) is 4.60. The Morgan fingerprint density at radius 2 is 0.538 bits per heavy atom. The lowest BCUT2D eigenvalue weighted by Gasteiger charge is -2.04. The Morgan fingerprint density at radius 1 is 0.308 bits per heavy atom. The molecule has 0 nitrogen and oxygen atoms in total. The third-order valence-corrected chi connectivity index (χ3v) is 5.77. The molecule has 0 aliphatic heterocycles. The molecule has 0 heteroatoms. The molecule has 0 heterocycles. The summed E-state index contributed by atoms with van der Waals surface area (Å²) in [6.07, 6.45) is 35.9. The van der Waals surface area contributed by atoms with Crippen LogP contribution in [0.1, 0.15) is 162 Å². The lowest BCUT2D eigenvalue weighted by molar-refractivity contribution is 0.528. The second kappa shape index (κ2) is 25.0. The molecule has 157 valence electrons. The van der Waals surface area contributed by atoms with Crippen LogP contribution in [0.25, 0.3) is 0 Å². The highest BCUT2D eigenvalue weighted by atomic mass is 14.0. The normalized spacial score (nSPS) is 11.3. The summed E-state index contributed by atoms with van der Waals surface area (Å²) >= 11 is 0. The Labute approximate surface area is 168 Å². The van der Waals surface area contributed by atoms with Crippen molar-refractivity contribution in [2.24, 2.45) is 0 Å². The zero-order chi connectivity index (χ0) is 19.0. The van der Waals surface area contributed by atoms with Crippen LogP contribution in [-0.2, 0) is 0 Å². The van der Waals surface area contributed by atoms with Crippen molar-refractivity contribution in [2.75, 3.05) is 0 Å². The van der Waals surface area contributed by atoms with Crippen LogP contribution in [0.5, 0.6) is 0 Å². The van der Waals surface area contributed by atoms with E-state index in [4.69, 9.17) is 0 Å². The average molecular weight is 366 g/mol. The van der Waals surface area contributed by atoms with Gasteiger partial charge in [0.15, 0.2) is 0 Å². The van der Waals surface area contributed by atoms with Gasteiger partial charge in [0.1, 0.15) is 0 Å². The molecule has 0 aromatic rings. The maximum Gasteiger partial charge on any atom is -0.0386 e. The van der Waals surface area contributed by atoms with Gasteiger partial charge in [0.2, 0.25) is 0 Å². The third-order valence-electron chi connectivity index (χ3n) is 5.77. The Hall–Kier alpha value is 0. The first-order valence-corrected chi connectivity index (χ1v) is 12.7. The summed E-state index contributed by atoms with van der Waals surface area (Å²) in [4.78, 5) is 0. The van der Waals surface area contributed by atoms with Crippen molar-refractivity contribution in [1.82, 2.24) is 0 Å². The van der Waals surface area contributed by atoms with Gasteiger partial charge in [0.05, 0.1) is 0 Å². The Kier molecular flexibility index (Phi) is 25.0. The number of hydrogen-bond donors (Lipinski definition) is 0. The molecule has 0 N–H and O–H groups in total. The van der Waals surface area contributed by atoms with Gasteiger partial charge in [-0.05, 0) is 6.42 Å². The van der Waals surface area contributed by atoms with Gasteiger partial charge in [-0.15, -0.1) is 0 Å². The molecule has 0 aliphatic carbocycles. The summed E-state index contributed by atoms with van der Waals surface area (Å²) in [5, 5.41) is 0.